The summed E-state index contributed by atoms with van der Waals surface area (Å²) in [6.07, 6.45) is 5.28. The van der Waals surface area contributed by atoms with Crippen LogP contribution in [0, 0.1) is 11.8 Å². The highest BCUT2D eigenvalue weighted by Crippen LogP contribution is 2.39. The Bertz CT molecular complexity index is 498. The Labute approximate surface area is 114 Å². The van der Waals surface area contributed by atoms with Gasteiger partial charge in [-0.25, -0.2) is 0 Å². The third kappa shape index (κ3) is 2.39. The molecule has 3 N–H and O–H groups in total. The molecule has 0 radical (unpaired) electrons. The van der Waals surface area contributed by atoms with Gasteiger partial charge in [0, 0.05) is 18.2 Å². The monoisotopic (exact) mass is 258 g/mol. The molecule has 2 aliphatic rings. The maximum Gasteiger partial charge on any atom is 0.224 e. The van der Waals surface area contributed by atoms with Gasteiger partial charge in [0.25, 0.3) is 0 Å². The minimum absolute atomic E-state index is 0.119. The highest BCUT2D eigenvalue weighted by Gasteiger charge is 2.30. The summed E-state index contributed by atoms with van der Waals surface area (Å²) in [5, 5.41) is 2.92. The van der Waals surface area contributed by atoms with Gasteiger partial charge in [0.05, 0.1) is 0 Å². The molecule has 1 aliphatic heterocycles. The zero-order valence-electron chi connectivity index (χ0n) is 11.5. The van der Waals surface area contributed by atoms with Crippen LogP contribution >= 0.6 is 0 Å². The summed E-state index contributed by atoms with van der Waals surface area (Å²) < 4.78 is 0. The predicted molar refractivity (Wildman–Crippen MR) is 76.8 cm³/mol. The Morgan fingerprint density at radius 3 is 2.89 bits per heavy atom. The van der Waals surface area contributed by atoms with E-state index in [-0.39, 0.29) is 11.9 Å². The van der Waals surface area contributed by atoms with Crippen LogP contribution in [0.1, 0.15) is 49.8 Å². The standard InChI is InChI=1S/C16H22N2O/c1-10-3-2-4-13(10)16(17)12-5-7-14-11(9-12)6-8-15(19)18-14/h5,7,9-10,13,16H,2-4,6,8,17H2,1H3,(H,18,19). The second-order valence-corrected chi connectivity index (χ2v) is 6.06. The van der Waals surface area contributed by atoms with Gasteiger partial charge in [0.2, 0.25) is 5.91 Å². The van der Waals surface area contributed by atoms with Crippen molar-refractivity contribution < 1.29 is 4.79 Å². The Kier molecular flexibility index (Phi) is 3.31. The summed E-state index contributed by atoms with van der Waals surface area (Å²) in [5.74, 6) is 1.45. The molecule has 0 aromatic heterocycles. The third-order valence-corrected chi connectivity index (χ3v) is 4.80. The largest absolute Gasteiger partial charge is 0.326 e. The number of nitrogens with two attached hydrogens (primary N) is 1. The molecule has 3 heteroatoms. The number of carbonyl (C=O) groups excluding carboxylic acids is 1. The van der Waals surface area contributed by atoms with Gasteiger partial charge in [-0.1, -0.05) is 31.9 Å². The lowest BCUT2D eigenvalue weighted by Gasteiger charge is -2.25. The number of rotatable bonds is 2. The topological polar surface area (TPSA) is 55.1 Å². The average molecular weight is 258 g/mol. The number of hydrogen-bond donors (Lipinski definition) is 2. The molecule has 1 fully saturated rings. The second-order valence-electron chi connectivity index (χ2n) is 6.06. The third-order valence-electron chi connectivity index (χ3n) is 4.80. The van der Waals surface area contributed by atoms with Crippen LogP contribution in [0.25, 0.3) is 0 Å². The summed E-state index contributed by atoms with van der Waals surface area (Å²) in [4.78, 5) is 11.4. The molecule has 102 valence electrons. The van der Waals surface area contributed by atoms with Crippen molar-refractivity contribution in [3.05, 3.63) is 29.3 Å². The van der Waals surface area contributed by atoms with E-state index in [1.54, 1.807) is 0 Å². The zero-order chi connectivity index (χ0) is 13.4. The number of nitrogens with one attached hydrogen (secondary N) is 1. The normalized spacial score (nSPS) is 27.8. The molecule has 3 atom stereocenters. The molecular weight excluding hydrogens is 236 g/mol. The van der Waals surface area contributed by atoms with Crippen molar-refractivity contribution in [2.75, 3.05) is 5.32 Å². The van der Waals surface area contributed by atoms with E-state index >= 15 is 0 Å². The first-order valence-electron chi connectivity index (χ1n) is 7.33. The fraction of sp³-hybridized carbons (Fsp3) is 0.562. The van der Waals surface area contributed by atoms with Crippen molar-refractivity contribution in [3.63, 3.8) is 0 Å². The first-order valence-corrected chi connectivity index (χ1v) is 7.33. The van der Waals surface area contributed by atoms with Gasteiger partial charge in [0.1, 0.15) is 0 Å². The second kappa shape index (κ2) is 4.97. The predicted octanol–water partition coefficient (Wildman–Crippen LogP) is 3.01. The van der Waals surface area contributed by atoms with Crippen LogP contribution in [0.3, 0.4) is 0 Å². The molecule has 0 saturated heterocycles. The molecule has 1 saturated carbocycles. The lowest BCUT2D eigenvalue weighted by atomic mass is 9.85. The fourth-order valence-corrected chi connectivity index (χ4v) is 3.57. The van der Waals surface area contributed by atoms with Gasteiger partial charge in [-0.05, 0) is 41.9 Å². The van der Waals surface area contributed by atoms with Crippen molar-refractivity contribution in [1.82, 2.24) is 0 Å². The number of fused-ring (bicyclic) bond motifs is 1. The summed E-state index contributed by atoms with van der Waals surface area (Å²) in [5.41, 5.74) is 9.89. The van der Waals surface area contributed by atoms with Gasteiger partial charge in [-0.2, -0.15) is 0 Å². The lowest BCUT2D eigenvalue weighted by Crippen LogP contribution is -2.24. The van der Waals surface area contributed by atoms with Gasteiger partial charge < -0.3 is 11.1 Å². The fourth-order valence-electron chi connectivity index (χ4n) is 3.57. The van der Waals surface area contributed by atoms with Crippen LogP contribution in [0.4, 0.5) is 5.69 Å². The van der Waals surface area contributed by atoms with E-state index in [1.807, 2.05) is 6.07 Å². The van der Waals surface area contributed by atoms with Crippen LogP contribution in [0.15, 0.2) is 18.2 Å². The van der Waals surface area contributed by atoms with E-state index in [1.165, 1.54) is 30.4 Å². The molecule has 19 heavy (non-hydrogen) atoms. The molecule has 3 nitrogen and oxygen atoms in total. The maximum absolute atomic E-state index is 11.4. The summed E-state index contributed by atoms with van der Waals surface area (Å²) in [6, 6.07) is 6.44. The van der Waals surface area contributed by atoms with Crippen LogP contribution in [-0.2, 0) is 11.2 Å². The van der Waals surface area contributed by atoms with E-state index in [4.69, 9.17) is 5.73 Å². The van der Waals surface area contributed by atoms with Crippen LogP contribution < -0.4 is 11.1 Å². The highest BCUT2D eigenvalue weighted by atomic mass is 16.1. The Hall–Kier alpha value is -1.35. The van der Waals surface area contributed by atoms with Crippen LogP contribution in [0.5, 0.6) is 0 Å². The molecule has 0 bridgehead atoms. The van der Waals surface area contributed by atoms with Gasteiger partial charge >= 0.3 is 0 Å². The van der Waals surface area contributed by atoms with E-state index in [0.717, 1.165) is 18.0 Å². The number of carbonyl (C=O) groups is 1. The van der Waals surface area contributed by atoms with E-state index < -0.39 is 0 Å². The Morgan fingerprint density at radius 1 is 1.32 bits per heavy atom. The molecule has 1 aromatic carbocycles. The molecule has 1 aromatic rings. The number of hydrogen-bond acceptors (Lipinski definition) is 2. The van der Waals surface area contributed by atoms with E-state index in [2.05, 4.69) is 24.4 Å². The number of anilines is 1. The molecule has 0 spiro atoms. The minimum Gasteiger partial charge on any atom is -0.326 e. The molecule has 1 aliphatic carbocycles. The molecule has 3 unspecified atom stereocenters. The molecular formula is C16H22N2O. The molecule has 3 rings (SSSR count). The van der Waals surface area contributed by atoms with Gasteiger partial charge in [-0.15, -0.1) is 0 Å². The van der Waals surface area contributed by atoms with Crippen LogP contribution in [0.2, 0.25) is 0 Å². The quantitative estimate of drug-likeness (QED) is 0.856. The van der Waals surface area contributed by atoms with Crippen molar-refractivity contribution in [2.45, 2.75) is 45.1 Å². The Morgan fingerprint density at radius 2 is 2.16 bits per heavy atom. The summed E-state index contributed by atoms with van der Waals surface area (Å²) in [7, 11) is 0. The van der Waals surface area contributed by atoms with Crippen molar-refractivity contribution >= 4 is 11.6 Å². The SMILES string of the molecule is CC1CCCC1C(N)c1ccc2c(c1)CCC(=O)N2. The first kappa shape index (κ1) is 12.7. The lowest BCUT2D eigenvalue weighted by molar-refractivity contribution is -0.116. The number of amides is 1. The van der Waals surface area contributed by atoms with Crippen molar-refractivity contribution in [2.24, 2.45) is 17.6 Å². The zero-order valence-corrected chi connectivity index (χ0v) is 11.5. The van der Waals surface area contributed by atoms with Crippen molar-refractivity contribution in [1.29, 1.82) is 0 Å². The smallest absolute Gasteiger partial charge is 0.224 e. The number of aryl methyl sites for hydroxylation is 1. The maximum atomic E-state index is 11.4. The van der Waals surface area contributed by atoms with Crippen LogP contribution in [-0.4, -0.2) is 5.91 Å². The summed E-state index contributed by atoms with van der Waals surface area (Å²) in [6.45, 7) is 2.32. The van der Waals surface area contributed by atoms with E-state index in [0.29, 0.717) is 12.3 Å². The van der Waals surface area contributed by atoms with Gasteiger partial charge in [0.15, 0.2) is 0 Å². The van der Waals surface area contributed by atoms with Crippen molar-refractivity contribution in [3.8, 4) is 0 Å². The van der Waals surface area contributed by atoms with Gasteiger partial charge in [-0.3, -0.25) is 4.79 Å². The summed E-state index contributed by atoms with van der Waals surface area (Å²) >= 11 is 0. The molecule has 1 amide bonds. The molecule has 1 heterocycles. The Balaban J connectivity index is 1.83. The average Bonchev–Trinajstić information content (AvgIpc) is 2.83. The van der Waals surface area contributed by atoms with E-state index in [9.17, 15) is 4.79 Å². The highest BCUT2D eigenvalue weighted by molar-refractivity contribution is 5.93. The first-order chi connectivity index (χ1) is 9.15. The number of benzene rings is 1. The minimum atomic E-state index is 0.119.